The van der Waals surface area contributed by atoms with Crippen molar-refractivity contribution >= 4 is 5.97 Å². The average molecular weight is 425 g/mol. The summed E-state index contributed by atoms with van der Waals surface area (Å²) in [7, 11) is 0. The largest absolute Gasteiger partial charge is 0.423 e. The van der Waals surface area contributed by atoms with Gasteiger partial charge in [0, 0.05) is 17.2 Å². The number of aryl methyl sites for hydroxylation is 1. The maximum atomic E-state index is 14.5. The van der Waals surface area contributed by atoms with E-state index in [9.17, 15) is 9.18 Å². The molecule has 0 radical (unpaired) electrons. The molecule has 0 aliphatic heterocycles. The maximum absolute atomic E-state index is 14.5. The highest BCUT2D eigenvalue weighted by Gasteiger charge is 2.10. The monoisotopic (exact) mass is 424 g/mol. The minimum absolute atomic E-state index is 0.146. The van der Waals surface area contributed by atoms with Crippen molar-refractivity contribution in [3.8, 4) is 29.4 Å². The van der Waals surface area contributed by atoms with Crippen molar-refractivity contribution in [1.29, 1.82) is 0 Å². The van der Waals surface area contributed by atoms with Gasteiger partial charge < -0.3 is 4.74 Å². The predicted octanol–water partition coefficient (Wildman–Crippen LogP) is 6.55. The van der Waals surface area contributed by atoms with Gasteiger partial charge in [0.1, 0.15) is 11.6 Å². The fraction of sp³-hybridized carbons (Fsp3) is 0.207. The van der Waals surface area contributed by atoms with Gasteiger partial charge in [-0.15, -0.1) is 5.92 Å². The topological polar surface area (TPSA) is 26.3 Å². The smallest absolute Gasteiger partial charge is 0.343 e. The molecule has 0 spiro atoms. The summed E-state index contributed by atoms with van der Waals surface area (Å²) in [6.07, 6.45) is 4.49. The predicted molar refractivity (Wildman–Crippen MR) is 126 cm³/mol. The first-order chi connectivity index (χ1) is 15.6. The number of unbranched alkanes of at least 4 members (excludes halogenated alkanes) is 2. The molecule has 0 aliphatic rings. The Balaban J connectivity index is 1.63. The van der Waals surface area contributed by atoms with Crippen LogP contribution in [0.2, 0.25) is 0 Å². The number of benzene rings is 3. The van der Waals surface area contributed by atoms with Gasteiger partial charge in [-0.2, -0.15) is 0 Å². The fourth-order valence-electron chi connectivity index (χ4n) is 3.13. The van der Waals surface area contributed by atoms with Crippen molar-refractivity contribution < 1.29 is 13.9 Å². The van der Waals surface area contributed by atoms with Gasteiger partial charge in [-0.05, 0) is 73.9 Å². The number of halogens is 1. The van der Waals surface area contributed by atoms with Crippen LogP contribution < -0.4 is 4.74 Å². The summed E-state index contributed by atoms with van der Waals surface area (Å²) in [5.74, 6) is 10.6. The molecule has 3 aromatic carbocycles. The first-order valence-corrected chi connectivity index (χ1v) is 10.7. The van der Waals surface area contributed by atoms with E-state index in [1.165, 1.54) is 30.5 Å². The van der Waals surface area contributed by atoms with Gasteiger partial charge in [-0.25, -0.2) is 9.18 Å². The summed E-state index contributed by atoms with van der Waals surface area (Å²) < 4.78 is 19.8. The molecule has 3 aromatic rings. The second kappa shape index (κ2) is 11.5. The number of rotatable bonds is 6. The molecule has 0 heterocycles. The molecule has 0 fully saturated rings. The highest BCUT2D eigenvalue weighted by Crippen LogP contribution is 2.18. The summed E-state index contributed by atoms with van der Waals surface area (Å²) in [6.45, 7) is 3.95. The van der Waals surface area contributed by atoms with Crippen LogP contribution in [0.4, 0.5) is 4.39 Å². The molecule has 3 rings (SSSR count). The molecule has 0 N–H and O–H groups in total. The normalized spacial score (nSPS) is 9.84. The molecule has 0 bridgehead atoms. The lowest BCUT2D eigenvalue weighted by Gasteiger charge is -2.06. The van der Waals surface area contributed by atoms with Gasteiger partial charge in [-0.3, -0.25) is 0 Å². The van der Waals surface area contributed by atoms with E-state index >= 15 is 0 Å². The van der Waals surface area contributed by atoms with E-state index in [-0.39, 0.29) is 11.3 Å². The molecule has 0 saturated carbocycles. The molecular formula is C29H25FO2. The van der Waals surface area contributed by atoms with Crippen LogP contribution in [0.25, 0.3) is 0 Å². The lowest BCUT2D eigenvalue weighted by molar-refractivity contribution is 0.0734. The van der Waals surface area contributed by atoms with Gasteiger partial charge in [0.05, 0.1) is 11.1 Å². The SMILES string of the molecule is CC#Cc1ccc(C#Cc2ccc(OC(=O)c3ccc(CCCCC)cc3)cc2F)cc1. The first-order valence-electron chi connectivity index (χ1n) is 10.7. The van der Waals surface area contributed by atoms with Crippen molar-refractivity contribution in [3.05, 3.63) is 100 Å². The zero-order valence-corrected chi connectivity index (χ0v) is 18.4. The summed E-state index contributed by atoms with van der Waals surface area (Å²) in [5.41, 5.74) is 3.53. The van der Waals surface area contributed by atoms with Crippen LogP contribution in [0.3, 0.4) is 0 Å². The highest BCUT2D eigenvalue weighted by atomic mass is 19.1. The van der Waals surface area contributed by atoms with Crippen LogP contribution >= 0.6 is 0 Å². The van der Waals surface area contributed by atoms with Crippen LogP contribution in [-0.4, -0.2) is 5.97 Å². The average Bonchev–Trinajstić information content (AvgIpc) is 2.80. The third-order valence-corrected chi connectivity index (χ3v) is 4.91. The Morgan fingerprint density at radius 2 is 1.56 bits per heavy atom. The van der Waals surface area contributed by atoms with Crippen molar-refractivity contribution in [2.24, 2.45) is 0 Å². The van der Waals surface area contributed by atoms with Crippen molar-refractivity contribution in [2.45, 2.75) is 39.5 Å². The van der Waals surface area contributed by atoms with Gasteiger partial charge in [0.25, 0.3) is 0 Å². The molecule has 2 nitrogen and oxygen atoms in total. The number of hydrogen-bond donors (Lipinski definition) is 0. The Morgan fingerprint density at radius 1 is 0.875 bits per heavy atom. The molecular weight excluding hydrogens is 399 g/mol. The summed E-state index contributed by atoms with van der Waals surface area (Å²) in [4.78, 5) is 12.4. The zero-order valence-electron chi connectivity index (χ0n) is 18.4. The first kappa shape index (κ1) is 22.9. The van der Waals surface area contributed by atoms with Gasteiger partial charge in [0.15, 0.2) is 0 Å². The highest BCUT2D eigenvalue weighted by molar-refractivity contribution is 5.91. The van der Waals surface area contributed by atoms with Gasteiger partial charge in [-0.1, -0.05) is 49.7 Å². The minimum atomic E-state index is -0.539. The number of hydrogen-bond acceptors (Lipinski definition) is 2. The number of carbonyl (C=O) groups excluding carboxylic acids is 1. The second-order valence-corrected chi connectivity index (χ2v) is 7.39. The molecule has 3 heteroatoms. The van der Waals surface area contributed by atoms with Crippen molar-refractivity contribution in [2.75, 3.05) is 0 Å². The Labute approximate surface area is 189 Å². The van der Waals surface area contributed by atoms with Crippen LogP contribution in [0.15, 0.2) is 66.7 Å². The van der Waals surface area contributed by atoms with E-state index in [0.29, 0.717) is 5.56 Å². The summed E-state index contributed by atoms with van der Waals surface area (Å²) in [5, 5.41) is 0. The van der Waals surface area contributed by atoms with E-state index in [1.807, 2.05) is 36.4 Å². The number of carbonyl (C=O) groups is 1. The minimum Gasteiger partial charge on any atom is -0.423 e. The standard InChI is InChI=1S/C29H25FO2/c1-3-5-6-8-23-14-17-26(18-15-23)29(31)32-27-20-19-25(28(30)21-27)16-13-24-11-9-22(7-4-2)10-12-24/h9-12,14-15,17-21H,3,5-6,8H2,1-2H3. The van der Waals surface area contributed by atoms with Crippen LogP contribution in [0, 0.1) is 29.5 Å². The van der Waals surface area contributed by atoms with E-state index in [2.05, 4.69) is 30.6 Å². The molecule has 160 valence electrons. The lowest BCUT2D eigenvalue weighted by Crippen LogP contribution is -2.08. The zero-order chi connectivity index (χ0) is 22.8. The Hall–Kier alpha value is -3.82. The maximum Gasteiger partial charge on any atom is 0.343 e. The molecule has 0 unspecified atom stereocenters. The Bertz CT molecular complexity index is 1180. The summed E-state index contributed by atoms with van der Waals surface area (Å²) >= 11 is 0. The van der Waals surface area contributed by atoms with Crippen LogP contribution in [0.5, 0.6) is 5.75 Å². The van der Waals surface area contributed by atoms with Gasteiger partial charge in [0.2, 0.25) is 0 Å². The van der Waals surface area contributed by atoms with Crippen LogP contribution in [0.1, 0.15) is 65.7 Å². The molecule has 0 aromatic heterocycles. The Kier molecular flexibility index (Phi) is 8.24. The number of ether oxygens (including phenoxy) is 1. The summed E-state index contributed by atoms with van der Waals surface area (Å²) in [6, 6.07) is 19.0. The second-order valence-electron chi connectivity index (χ2n) is 7.39. The molecule has 0 saturated heterocycles. The molecule has 0 amide bonds. The number of esters is 1. The van der Waals surface area contributed by atoms with Crippen LogP contribution in [-0.2, 0) is 6.42 Å². The molecule has 0 aliphatic carbocycles. The fourth-order valence-corrected chi connectivity index (χ4v) is 3.13. The van der Waals surface area contributed by atoms with Crippen molar-refractivity contribution in [3.63, 3.8) is 0 Å². The lowest BCUT2D eigenvalue weighted by atomic mass is 10.1. The third-order valence-electron chi connectivity index (χ3n) is 4.91. The third kappa shape index (κ3) is 6.59. The van der Waals surface area contributed by atoms with E-state index in [1.54, 1.807) is 25.1 Å². The Morgan fingerprint density at radius 3 is 2.19 bits per heavy atom. The van der Waals surface area contributed by atoms with Gasteiger partial charge >= 0.3 is 5.97 Å². The quantitative estimate of drug-likeness (QED) is 0.194. The van der Waals surface area contributed by atoms with E-state index in [0.717, 1.165) is 24.0 Å². The van der Waals surface area contributed by atoms with E-state index in [4.69, 9.17) is 4.74 Å². The molecule has 32 heavy (non-hydrogen) atoms. The van der Waals surface area contributed by atoms with E-state index < -0.39 is 11.8 Å². The van der Waals surface area contributed by atoms with Crippen molar-refractivity contribution in [1.82, 2.24) is 0 Å². The molecule has 0 atom stereocenters.